The molecule has 1 fully saturated rings. The highest BCUT2D eigenvalue weighted by molar-refractivity contribution is 5.84. The van der Waals surface area contributed by atoms with Gasteiger partial charge in [-0.1, -0.05) is 24.3 Å². The van der Waals surface area contributed by atoms with E-state index < -0.39 is 0 Å². The maximum Gasteiger partial charge on any atom is 0.119 e. The molecule has 2 aromatic carbocycles. The molecule has 0 heterocycles. The number of fused-ring (bicyclic) bond motifs is 1. The van der Waals surface area contributed by atoms with Gasteiger partial charge in [0.2, 0.25) is 0 Å². The summed E-state index contributed by atoms with van der Waals surface area (Å²) in [5, 5.41) is 2.55. The first-order valence-corrected chi connectivity index (χ1v) is 7.57. The third-order valence-electron chi connectivity index (χ3n) is 4.53. The van der Waals surface area contributed by atoms with Crippen molar-refractivity contribution in [1.29, 1.82) is 0 Å². The monoisotopic (exact) mass is 269 g/mol. The fraction of sp³-hybridized carbons (Fsp3) is 0.444. The predicted octanol–water partition coefficient (Wildman–Crippen LogP) is 3.91. The van der Waals surface area contributed by atoms with Gasteiger partial charge in [-0.3, -0.25) is 0 Å². The fourth-order valence-electron chi connectivity index (χ4n) is 3.25. The average molecular weight is 269 g/mol. The van der Waals surface area contributed by atoms with Crippen LogP contribution in [0.4, 0.5) is 0 Å². The first-order valence-electron chi connectivity index (χ1n) is 7.57. The Hall–Kier alpha value is -1.54. The summed E-state index contributed by atoms with van der Waals surface area (Å²) >= 11 is 0. The van der Waals surface area contributed by atoms with E-state index >= 15 is 0 Å². The first-order chi connectivity index (χ1) is 9.74. The second-order valence-corrected chi connectivity index (χ2v) is 6.03. The van der Waals surface area contributed by atoms with Gasteiger partial charge in [0, 0.05) is 6.04 Å². The minimum atomic E-state index is 0.440. The molecule has 1 aliphatic rings. The van der Waals surface area contributed by atoms with Crippen LogP contribution in [0.15, 0.2) is 36.4 Å². The van der Waals surface area contributed by atoms with Gasteiger partial charge in [-0.05, 0) is 66.5 Å². The molecular formula is C18H23NO. The summed E-state index contributed by atoms with van der Waals surface area (Å²) < 4.78 is 5.27. The highest BCUT2D eigenvalue weighted by Gasteiger charge is 2.18. The van der Waals surface area contributed by atoms with Gasteiger partial charge in [0.1, 0.15) is 5.75 Å². The number of benzene rings is 2. The van der Waals surface area contributed by atoms with Crippen molar-refractivity contribution in [2.75, 3.05) is 7.11 Å². The quantitative estimate of drug-likeness (QED) is 0.917. The number of hydrogen-bond donors (Lipinski definition) is 1. The van der Waals surface area contributed by atoms with Gasteiger partial charge < -0.3 is 10.5 Å². The lowest BCUT2D eigenvalue weighted by Gasteiger charge is -2.26. The molecule has 0 spiro atoms. The third kappa shape index (κ3) is 2.96. The van der Waals surface area contributed by atoms with Crippen LogP contribution in [0.3, 0.4) is 0 Å². The molecule has 0 aliphatic heterocycles. The van der Waals surface area contributed by atoms with E-state index in [4.69, 9.17) is 10.5 Å². The zero-order chi connectivity index (χ0) is 13.9. The zero-order valence-electron chi connectivity index (χ0n) is 12.1. The number of nitrogens with two attached hydrogens (primary N) is 1. The van der Waals surface area contributed by atoms with Crippen LogP contribution in [0, 0.1) is 5.92 Å². The average Bonchev–Trinajstić information content (AvgIpc) is 2.49. The van der Waals surface area contributed by atoms with Gasteiger partial charge in [0.05, 0.1) is 7.11 Å². The summed E-state index contributed by atoms with van der Waals surface area (Å²) in [4.78, 5) is 0. The highest BCUT2D eigenvalue weighted by atomic mass is 16.5. The standard InChI is InChI=1S/C18H23NO/c1-20-18-9-6-15-11-14(2-5-16(15)12-18)10-13-3-7-17(19)8-4-13/h2,5-6,9,11-13,17H,3-4,7-8,10,19H2,1H3. The molecule has 0 radical (unpaired) electrons. The lowest BCUT2D eigenvalue weighted by Crippen LogP contribution is -2.27. The van der Waals surface area contributed by atoms with Crippen LogP contribution in [0.5, 0.6) is 5.75 Å². The number of methoxy groups -OCH3 is 1. The molecule has 2 heteroatoms. The molecule has 3 rings (SSSR count). The first kappa shape index (κ1) is 13.4. The Morgan fingerprint density at radius 1 is 1.00 bits per heavy atom. The molecule has 2 N–H and O–H groups in total. The second kappa shape index (κ2) is 5.84. The summed E-state index contributed by atoms with van der Waals surface area (Å²) in [6.07, 6.45) is 6.13. The molecule has 20 heavy (non-hydrogen) atoms. The Morgan fingerprint density at radius 2 is 1.70 bits per heavy atom. The van der Waals surface area contributed by atoms with Crippen LogP contribution >= 0.6 is 0 Å². The van der Waals surface area contributed by atoms with Crippen LogP contribution in [0.25, 0.3) is 10.8 Å². The molecule has 0 amide bonds. The molecule has 0 aromatic heterocycles. The largest absolute Gasteiger partial charge is 0.497 e. The maximum absolute atomic E-state index is 5.98. The normalized spacial score (nSPS) is 22.9. The van der Waals surface area contributed by atoms with Gasteiger partial charge in [-0.2, -0.15) is 0 Å². The molecule has 0 saturated heterocycles. The van der Waals surface area contributed by atoms with Crippen LogP contribution in [0.1, 0.15) is 31.2 Å². The molecular weight excluding hydrogens is 246 g/mol. The summed E-state index contributed by atoms with van der Waals surface area (Å²) in [5.74, 6) is 1.73. The van der Waals surface area contributed by atoms with Crippen molar-refractivity contribution in [1.82, 2.24) is 0 Å². The smallest absolute Gasteiger partial charge is 0.119 e. The second-order valence-electron chi connectivity index (χ2n) is 6.03. The minimum Gasteiger partial charge on any atom is -0.497 e. The van der Waals surface area contributed by atoms with Crippen molar-refractivity contribution in [3.05, 3.63) is 42.0 Å². The van der Waals surface area contributed by atoms with Crippen LogP contribution in [0.2, 0.25) is 0 Å². The topological polar surface area (TPSA) is 35.2 Å². The van der Waals surface area contributed by atoms with Crippen LogP contribution in [-0.4, -0.2) is 13.2 Å². The molecule has 0 unspecified atom stereocenters. The number of hydrogen-bond acceptors (Lipinski definition) is 2. The molecule has 106 valence electrons. The molecule has 2 aromatic rings. The van der Waals surface area contributed by atoms with Crippen molar-refractivity contribution in [2.24, 2.45) is 11.7 Å². The van der Waals surface area contributed by atoms with E-state index in [1.54, 1.807) is 7.11 Å². The van der Waals surface area contributed by atoms with Crippen molar-refractivity contribution in [2.45, 2.75) is 38.1 Å². The number of ether oxygens (including phenoxy) is 1. The Labute approximate surface area is 120 Å². The van der Waals surface area contributed by atoms with Crippen molar-refractivity contribution in [3.63, 3.8) is 0 Å². The molecule has 1 saturated carbocycles. The summed E-state index contributed by atoms with van der Waals surface area (Å²) in [6, 6.07) is 13.5. The summed E-state index contributed by atoms with van der Waals surface area (Å²) in [5.41, 5.74) is 7.43. The van der Waals surface area contributed by atoms with Gasteiger partial charge in [0.25, 0.3) is 0 Å². The van der Waals surface area contributed by atoms with Crippen molar-refractivity contribution >= 4 is 10.8 Å². The van der Waals surface area contributed by atoms with E-state index in [1.165, 1.54) is 48.4 Å². The Morgan fingerprint density at radius 3 is 2.45 bits per heavy atom. The Kier molecular flexibility index (Phi) is 3.93. The fourth-order valence-corrected chi connectivity index (χ4v) is 3.25. The minimum absolute atomic E-state index is 0.440. The van der Waals surface area contributed by atoms with E-state index in [9.17, 15) is 0 Å². The van der Waals surface area contributed by atoms with Gasteiger partial charge in [-0.15, -0.1) is 0 Å². The van der Waals surface area contributed by atoms with Gasteiger partial charge in [-0.25, -0.2) is 0 Å². The Balaban J connectivity index is 1.75. The van der Waals surface area contributed by atoms with E-state index in [1.807, 2.05) is 6.07 Å². The highest BCUT2D eigenvalue weighted by Crippen LogP contribution is 2.28. The summed E-state index contributed by atoms with van der Waals surface area (Å²) in [6.45, 7) is 0. The summed E-state index contributed by atoms with van der Waals surface area (Å²) in [7, 11) is 1.71. The van der Waals surface area contributed by atoms with Gasteiger partial charge >= 0.3 is 0 Å². The van der Waals surface area contributed by atoms with Crippen molar-refractivity contribution in [3.8, 4) is 5.75 Å². The molecule has 0 atom stereocenters. The van der Waals surface area contributed by atoms with E-state index in [2.05, 4.69) is 30.3 Å². The lowest BCUT2D eigenvalue weighted by atomic mass is 9.82. The molecule has 1 aliphatic carbocycles. The third-order valence-corrected chi connectivity index (χ3v) is 4.53. The van der Waals surface area contributed by atoms with Crippen LogP contribution in [-0.2, 0) is 6.42 Å². The van der Waals surface area contributed by atoms with E-state index in [0.717, 1.165) is 11.7 Å². The predicted molar refractivity (Wildman–Crippen MR) is 84.1 cm³/mol. The Bertz CT molecular complexity index is 585. The molecule has 2 nitrogen and oxygen atoms in total. The molecule has 0 bridgehead atoms. The lowest BCUT2D eigenvalue weighted by molar-refractivity contribution is 0.325. The van der Waals surface area contributed by atoms with Gasteiger partial charge in [0.15, 0.2) is 0 Å². The van der Waals surface area contributed by atoms with Crippen LogP contribution < -0.4 is 10.5 Å². The maximum atomic E-state index is 5.98. The van der Waals surface area contributed by atoms with E-state index in [0.29, 0.717) is 6.04 Å². The van der Waals surface area contributed by atoms with E-state index in [-0.39, 0.29) is 0 Å². The SMILES string of the molecule is COc1ccc2cc(CC3CCC(N)CC3)ccc2c1. The number of rotatable bonds is 3. The van der Waals surface area contributed by atoms with Crippen molar-refractivity contribution < 1.29 is 4.74 Å². The zero-order valence-corrected chi connectivity index (χ0v) is 12.1.